The van der Waals surface area contributed by atoms with Gasteiger partial charge in [0.1, 0.15) is 5.69 Å². The molecule has 0 bridgehead atoms. The fourth-order valence-corrected chi connectivity index (χ4v) is 1.91. The van der Waals surface area contributed by atoms with Crippen molar-refractivity contribution >= 4 is 5.91 Å². The van der Waals surface area contributed by atoms with Crippen LogP contribution in [0.3, 0.4) is 0 Å². The zero-order valence-electron chi connectivity index (χ0n) is 10.3. The zero-order valence-corrected chi connectivity index (χ0v) is 10.3. The molecular formula is C13H15N3O3. The van der Waals surface area contributed by atoms with E-state index in [9.17, 15) is 15.0 Å². The van der Waals surface area contributed by atoms with Gasteiger partial charge in [0, 0.05) is 19.3 Å². The minimum absolute atomic E-state index is 0.0976. The third-order valence-corrected chi connectivity index (χ3v) is 2.88. The summed E-state index contributed by atoms with van der Waals surface area (Å²) in [5.41, 5.74) is 6.01. The van der Waals surface area contributed by atoms with E-state index in [0.717, 1.165) is 0 Å². The molecule has 1 aromatic rings. The maximum absolute atomic E-state index is 12.3. The lowest BCUT2D eigenvalue weighted by Gasteiger charge is -2.15. The molecule has 2 rings (SSSR count). The van der Waals surface area contributed by atoms with Crippen molar-refractivity contribution < 1.29 is 15.0 Å². The highest BCUT2D eigenvalue weighted by Crippen LogP contribution is 2.15. The first kappa shape index (κ1) is 13.5. The maximum atomic E-state index is 12.3. The maximum Gasteiger partial charge on any atom is 0.273 e. The second-order valence-corrected chi connectivity index (χ2v) is 4.25. The summed E-state index contributed by atoms with van der Waals surface area (Å²) in [5, 5.41) is 18.9. The molecule has 6 heteroatoms. The molecule has 1 fully saturated rings. The molecule has 4 N–H and O–H groups in total. The van der Waals surface area contributed by atoms with Crippen LogP contribution in [-0.2, 0) is 0 Å². The molecule has 0 aliphatic carbocycles. The highest BCUT2D eigenvalue weighted by Gasteiger charge is 2.34. The van der Waals surface area contributed by atoms with Crippen LogP contribution in [0.2, 0.25) is 0 Å². The molecule has 0 spiro atoms. The second-order valence-electron chi connectivity index (χ2n) is 4.25. The average molecular weight is 261 g/mol. The van der Waals surface area contributed by atoms with Crippen molar-refractivity contribution in [3.63, 3.8) is 0 Å². The average Bonchev–Trinajstić information content (AvgIpc) is 2.76. The topological polar surface area (TPSA) is 99.7 Å². The van der Waals surface area contributed by atoms with E-state index in [-0.39, 0.29) is 31.2 Å². The van der Waals surface area contributed by atoms with Crippen LogP contribution in [0.25, 0.3) is 0 Å². The van der Waals surface area contributed by atoms with E-state index >= 15 is 0 Å². The monoisotopic (exact) mass is 261 g/mol. The lowest BCUT2D eigenvalue weighted by Crippen LogP contribution is -2.31. The summed E-state index contributed by atoms with van der Waals surface area (Å²) in [6.45, 7) is 0.393. The van der Waals surface area contributed by atoms with Crippen molar-refractivity contribution in [2.24, 2.45) is 5.73 Å². The van der Waals surface area contributed by atoms with Crippen molar-refractivity contribution in [2.75, 3.05) is 19.6 Å². The van der Waals surface area contributed by atoms with Gasteiger partial charge in [-0.1, -0.05) is 11.8 Å². The third-order valence-electron chi connectivity index (χ3n) is 2.88. The Labute approximate surface area is 110 Å². The standard InChI is InChI=1S/C13H15N3O3/c14-5-1-3-9-4-2-6-15-12(9)13(19)16-7-10(17)11(18)8-16/h2,4,6,10-11,17-18H,5,7-8,14H2. The number of nitrogens with zero attached hydrogens (tertiary/aromatic N) is 2. The number of amides is 1. The first-order chi connectivity index (χ1) is 9.13. The Balaban J connectivity index is 2.24. The molecule has 19 heavy (non-hydrogen) atoms. The number of hydrogen-bond donors (Lipinski definition) is 3. The molecule has 1 aliphatic rings. The quantitative estimate of drug-likeness (QED) is 0.538. The number of carbonyl (C=O) groups is 1. The van der Waals surface area contributed by atoms with E-state index in [1.54, 1.807) is 12.1 Å². The Morgan fingerprint density at radius 2 is 2.16 bits per heavy atom. The summed E-state index contributed by atoms with van der Waals surface area (Å²) in [6.07, 6.45) is -0.318. The van der Waals surface area contributed by atoms with Gasteiger partial charge in [-0.3, -0.25) is 4.79 Å². The van der Waals surface area contributed by atoms with Crippen LogP contribution >= 0.6 is 0 Å². The summed E-state index contributed by atoms with van der Waals surface area (Å²) < 4.78 is 0. The number of aliphatic hydroxyl groups is 2. The van der Waals surface area contributed by atoms with E-state index in [0.29, 0.717) is 5.56 Å². The van der Waals surface area contributed by atoms with Gasteiger partial charge in [0.05, 0.1) is 24.3 Å². The fourth-order valence-electron chi connectivity index (χ4n) is 1.91. The minimum atomic E-state index is -0.911. The molecular weight excluding hydrogens is 246 g/mol. The first-order valence-corrected chi connectivity index (χ1v) is 5.93. The number of aromatic nitrogens is 1. The molecule has 0 radical (unpaired) electrons. The Hall–Kier alpha value is -1.94. The summed E-state index contributed by atoms with van der Waals surface area (Å²) in [7, 11) is 0. The molecule has 2 atom stereocenters. The predicted molar refractivity (Wildman–Crippen MR) is 68.1 cm³/mol. The number of carbonyl (C=O) groups excluding carboxylic acids is 1. The van der Waals surface area contributed by atoms with Gasteiger partial charge in [-0.25, -0.2) is 4.98 Å². The van der Waals surface area contributed by atoms with Crippen LogP contribution in [-0.4, -0.2) is 57.8 Å². The van der Waals surface area contributed by atoms with Gasteiger partial charge in [0.25, 0.3) is 5.91 Å². The molecule has 2 heterocycles. The lowest BCUT2D eigenvalue weighted by atomic mass is 10.2. The molecule has 1 saturated heterocycles. The largest absolute Gasteiger partial charge is 0.388 e. The fraction of sp³-hybridized carbons (Fsp3) is 0.385. The van der Waals surface area contributed by atoms with Crippen LogP contribution in [0.4, 0.5) is 0 Å². The Morgan fingerprint density at radius 3 is 2.79 bits per heavy atom. The molecule has 0 aromatic carbocycles. The summed E-state index contributed by atoms with van der Waals surface area (Å²) in [4.78, 5) is 17.7. The van der Waals surface area contributed by atoms with Gasteiger partial charge in [-0.05, 0) is 12.1 Å². The van der Waals surface area contributed by atoms with Gasteiger partial charge in [0.15, 0.2) is 0 Å². The van der Waals surface area contributed by atoms with Crippen molar-refractivity contribution in [3.8, 4) is 11.8 Å². The normalized spacial score (nSPS) is 21.9. The lowest BCUT2D eigenvalue weighted by molar-refractivity contribution is 0.0572. The Bertz CT molecular complexity index is 525. The molecule has 0 saturated carbocycles. The zero-order chi connectivity index (χ0) is 13.8. The summed E-state index contributed by atoms with van der Waals surface area (Å²) in [5.74, 6) is 5.12. The number of pyridine rings is 1. The van der Waals surface area contributed by atoms with E-state index < -0.39 is 12.2 Å². The summed E-state index contributed by atoms with van der Waals surface area (Å²) in [6, 6.07) is 3.37. The summed E-state index contributed by atoms with van der Waals surface area (Å²) >= 11 is 0. The van der Waals surface area contributed by atoms with E-state index in [4.69, 9.17) is 5.73 Å². The predicted octanol–water partition coefficient (Wildman–Crippen LogP) is -1.43. The number of rotatable bonds is 1. The van der Waals surface area contributed by atoms with Gasteiger partial charge in [0.2, 0.25) is 0 Å². The minimum Gasteiger partial charge on any atom is -0.388 e. The second kappa shape index (κ2) is 5.80. The Kier molecular flexibility index (Phi) is 4.12. The van der Waals surface area contributed by atoms with Gasteiger partial charge < -0.3 is 20.8 Å². The van der Waals surface area contributed by atoms with Gasteiger partial charge in [-0.2, -0.15) is 0 Å². The molecule has 1 aromatic heterocycles. The number of nitrogens with two attached hydrogens (primary N) is 1. The van der Waals surface area contributed by atoms with Crippen LogP contribution in [0, 0.1) is 11.8 Å². The van der Waals surface area contributed by atoms with Crippen molar-refractivity contribution in [3.05, 3.63) is 29.6 Å². The molecule has 1 aliphatic heterocycles. The smallest absolute Gasteiger partial charge is 0.273 e. The van der Waals surface area contributed by atoms with Crippen molar-refractivity contribution in [1.82, 2.24) is 9.88 Å². The molecule has 100 valence electrons. The van der Waals surface area contributed by atoms with Crippen molar-refractivity contribution in [2.45, 2.75) is 12.2 Å². The highest BCUT2D eigenvalue weighted by molar-refractivity contribution is 5.95. The first-order valence-electron chi connectivity index (χ1n) is 5.93. The number of hydrogen-bond acceptors (Lipinski definition) is 5. The van der Waals surface area contributed by atoms with Crippen LogP contribution < -0.4 is 5.73 Å². The van der Waals surface area contributed by atoms with Gasteiger partial charge in [-0.15, -0.1) is 0 Å². The number of aliphatic hydroxyl groups excluding tert-OH is 2. The van der Waals surface area contributed by atoms with Crippen molar-refractivity contribution in [1.29, 1.82) is 0 Å². The highest BCUT2D eigenvalue weighted by atomic mass is 16.3. The number of β-amino-alcohol motifs (C(OH)–C–C–N with tert-alkyl or cyclic N) is 2. The SMILES string of the molecule is NCC#Cc1cccnc1C(=O)N1CC(O)C(O)C1. The number of likely N-dealkylation sites (tertiary alicyclic amines) is 1. The van der Waals surface area contributed by atoms with Gasteiger partial charge >= 0.3 is 0 Å². The third kappa shape index (κ3) is 2.90. The van der Waals surface area contributed by atoms with Crippen LogP contribution in [0.15, 0.2) is 18.3 Å². The van der Waals surface area contributed by atoms with E-state index in [1.807, 2.05) is 0 Å². The van der Waals surface area contributed by atoms with E-state index in [2.05, 4.69) is 16.8 Å². The van der Waals surface area contributed by atoms with Crippen LogP contribution in [0.1, 0.15) is 16.1 Å². The van der Waals surface area contributed by atoms with E-state index in [1.165, 1.54) is 11.1 Å². The van der Waals surface area contributed by atoms with Crippen LogP contribution in [0.5, 0.6) is 0 Å². The Morgan fingerprint density at radius 1 is 1.47 bits per heavy atom. The molecule has 1 amide bonds. The molecule has 6 nitrogen and oxygen atoms in total. The molecule has 2 unspecified atom stereocenters.